The van der Waals surface area contributed by atoms with Crippen LogP contribution in [0, 0.1) is 0 Å². The van der Waals surface area contributed by atoms with Crippen LogP contribution >= 0.6 is 11.8 Å². The van der Waals surface area contributed by atoms with Crippen molar-refractivity contribution in [3.63, 3.8) is 0 Å². The molecule has 1 aliphatic rings. The molecular formula is C3H4N2S+. The molecule has 0 aromatic carbocycles. The zero-order valence-electron chi connectivity index (χ0n) is 3.16. The number of nitrogens with zero attached hydrogens (tertiary/aromatic N) is 2. The Labute approximate surface area is 40.3 Å². The van der Waals surface area contributed by atoms with Crippen molar-refractivity contribution in [1.29, 1.82) is 0 Å². The van der Waals surface area contributed by atoms with Gasteiger partial charge < -0.3 is 0 Å². The predicted molar refractivity (Wildman–Crippen MR) is 29.1 cm³/mol. The van der Waals surface area contributed by atoms with Crippen LogP contribution in [0.3, 0.4) is 0 Å². The SMILES string of the molecule is C1=N[N+]=CCS1. The van der Waals surface area contributed by atoms with E-state index >= 15 is 0 Å². The molecule has 3 heteroatoms. The standard InChI is InChI=1S/C3H4N2S/c1-2-6-3-5-4-1/h1,3H,2H2/q+1. The third-order valence-corrected chi connectivity index (χ3v) is 1.03. The number of hydrogen-bond donors (Lipinski definition) is 0. The fourth-order valence-electron chi connectivity index (χ4n) is 0.227. The molecule has 0 unspecified atom stereocenters. The van der Waals surface area contributed by atoms with E-state index in [1.165, 1.54) is 0 Å². The molecule has 31 valence electrons. The number of rotatable bonds is 0. The first-order chi connectivity index (χ1) is 3.00. The minimum absolute atomic E-state index is 0.976. The summed E-state index contributed by atoms with van der Waals surface area (Å²) in [6, 6.07) is 0. The van der Waals surface area contributed by atoms with Crippen molar-refractivity contribution in [3.05, 3.63) is 0 Å². The molecule has 2 nitrogen and oxygen atoms in total. The van der Waals surface area contributed by atoms with Crippen molar-refractivity contribution in [2.75, 3.05) is 5.75 Å². The molecule has 0 aromatic rings. The Morgan fingerprint density at radius 3 is 3.00 bits per heavy atom. The van der Waals surface area contributed by atoms with E-state index in [1.54, 1.807) is 23.5 Å². The van der Waals surface area contributed by atoms with Gasteiger partial charge in [-0.3, -0.25) is 0 Å². The molecule has 0 N–H and O–H groups in total. The molecule has 0 saturated heterocycles. The van der Waals surface area contributed by atoms with Crippen LogP contribution in [-0.2, 0) is 0 Å². The summed E-state index contributed by atoms with van der Waals surface area (Å²) in [5.41, 5.74) is 1.74. The summed E-state index contributed by atoms with van der Waals surface area (Å²) in [5, 5.41) is 7.19. The highest BCUT2D eigenvalue weighted by molar-refractivity contribution is 8.12. The summed E-state index contributed by atoms with van der Waals surface area (Å²) in [7, 11) is 0. The van der Waals surface area contributed by atoms with Crippen LogP contribution in [0.4, 0.5) is 0 Å². The topological polar surface area (TPSA) is 26.5 Å². The number of hydrogen-bond acceptors (Lipinski definition) is 3. The fourth-order valence-corrected chi connectivity index (χ4v) is 0.587. The Kier molecular flexibility index (Phi) is 1.27. The third-order valence-electron chi connectivity index (χ3n) is 0.441. The van der Waals surface area contributed by atoms with E-state index in [0.717, 1.165) is 5.75 Å². The van der Waals surface area contributed by atoms with Crippen LogP contribution in [0.1, 0.15) is 0 Å². The lowest BCUT2D eigenvalue weighted by Gasteiger charge is -1.74. The highest BCUT2D eigenvalue weighted by atomic mass is 32.2. The van der Waals surface area contributed by atoms with E-state index in [-0.39, 0.29) is 0 Å². The lowest BCUT2D eigenvalue weighted by atomic mass is 10.9. The average Bonchev–Trinajstić information content (AvgIpc) is 1.72. The minimum Gasteiger partial charge on any atom is -0.0970 e. The summed E-state index contributed by atoms with van der Waals surface area (Å²) < 4.78 is 0. The maximum absolute atomic E-state index is 3.60. The molecule has 6 heavy (non-hydrogen) atoms. The second kappa shape index (κ2) is 1.97. The van der Waals surface area contributed by atoms with Gasteiger partial charge in [0.05, 0.1) is 10.9 Å². The van der Waals surface area contributed by atoms with E-state index in [4.69, 9.17) is 0 Å². The van der Waals surface area contributed by atoms with Gasteiger partial charge in [-0.25, -0.2) is 0 Å². The molecular weight excluding hydrogens is 96.1 g/mol. The maximum atomic E-state index is 3.60. The van der Waals surface area contributed by atoms with Gasteiger partial charge in [0, 0.05) is 0 Å². The minimum atomic E-state index is 0.976. The molecule has 0 aromatic heterocycles. The van der Waals surface area contributed by atoms with Crippen molar-refractivity contribution in [3.8, 4) is 0 Å². The summed E-state index contributed by atoms with van der Waals surface area (Å²) in [6.45, 7) is 0. The van der Waals surface area contributed by atoms with Gasteiger partial charge in [0.1, 0.15) is 5.55 Å². The first-order valence-corrected chi connectivity index (χ1v) is 2.70. The Hall–Kier alpha value is -0.310. The van der Waals surface area contributed by atoms with Crippen LogP contribution in [-0.4, -0.2) is 17.5 Å². The monoisotopic (exact) mass is 100 g/mol. The first kappa shape index (κ1) is 3.87. The van der Waals surface area contributed by atoms with Gasteiger partial charge in [-0.05, 0) is 0 Å². The molecule has 0 bridgehead atoms. The van der Waals surface area contributed by atoms with Crippen molar-refractivity contribution in [1.82, 2.24) is 5.10 Å². The predicted octanol–water partition coefficient (Wildman–Crippen LogP) is 0.0831. The van der Waals surface area contributed by atoms with E-state index in [1.807, 2.05) is 0 Å². The Morgan fingerprint density at radius 1 is 1.83 bits per heavy atom. The van der Waals surface area contributed by atoms with Gasteiger partial charge in [-0.15, -0.1) is 0 Å². The number of thioether (sulfide) groups is 1. The fraction of sp³-hybridized carbons (Fsp3) is 0.333. The lowest BCUT2D eigenvalue weighted by Crippen LogP contribution is -1.92. The zero-order chi connectivity index (χ0) is 4.24. The summed E-state index contributed by atoms with van der Waals surface area (Å²) in [4.78, 5) is 0. The van der Waals surface area contributed by atoms with Crippen molar-refractivity contribution < 1.29 is 0 Å². The van der Waals surface area contributed by atoms with Crippen LogP contribution in [0.15, 0.2) is 5.10 Å². The van der Waals surface area contributed by atoms with Crippen molar-refractivity contribution >= 4 is 23.5 Å². The van der Waals surface area contributed by atoms with E-state index < -0.39 is 0 Å². The van der Waals surface area contributed by atoms with Crippen molar-refractivity contribution in [2.45, 2.75) is 0 Å². The third kappa shape index (κ3) is 0.825. The molecule has 0 amide bonds. The second-order valence-corrected chi connectivity index (χ2v) is 1.73. The quantitative estimate of drug-likeness (QED) is 0.423. The smallest absolute Gasteiger partial charge is 0.0970 e. The Morgan fingerprint density at radius 2 is 2.83 bits per heavy atom. The van der Waals surface area contributed by atoms with E-state index in [0.29, 0.717) is 0 Å². The van der Waals surface area contributed by atoms with Crippen LogP contribution in [0.25, 0.3) is 0 Å². The molecule has 1 radical (unpaired) electrons. The Balaban J connectivity index is 2.46. The van der Waals surface area contributed by atoms with Gasteiger partial charge in [-0.2, -0.15) is 0 Å². The van der Waals surface area contributed by atoms with Gasteiger partial charge in [0.2, 0.25) is 0 Å². The summed E-state index contributed by atoms with van der Waals surface area (Å²) >= 11 is 1.65. The van der Waals surface area contributed by atoms with Crippen LogP contribution in [0.5, 0.6) is 0 Å². The lowest BCUT2D eigenvalue weighted by molar-refractivity contribution is 1.12. The maximum Gasteiger partial charge on any atom is 0.265 e. The molecule has 0 spiro atoms. The van der Waals surface area contributed by atoms with Gasteiger partial charge >= 0.3 is 0 Å². The van der Waals surface area contributed by atoms with E-state index in [9.17, 15) is 0 Å². The van der Waals surface area contributed by atoms with Gasteiger partial charge in [0.15, 0.2) is 5.10 Å². The summed E-state index contributed by atoms with van der Waals surface area (Å²) in [5.74, 6) is 0.976. The highest BCUT2D eigenvalue weighted by Crippen LogP contribution is 1.91. The normalized spacial score (nSPS) is 18.7. The summed E-state index contributed by atoms with van der Waals surface area (Å²) in [6.07, 6.45) is 1.78. The van der Waals surface area contributed by atoms with Gasteiger partial charge in [0.25, 0.3) is 6.21 Å². The van der Waals surface area contributed by atoms with Crippen LogP contribution < -0.4 is 5.10 Å². The molecule has 0 aliphatic carbocycles. The average molecular weight is 100 g/mol. The second-order valence-electron chi connectivity index (χ2n) is 0.852. The first-order valence-electron chi connectivity index (χ1n) is 1.65. The van der Waals surface area contributed by atoms with Crippen LogP contribution in [0.2, 0.25) is 0 Å². The Bertz CT molecular complexity index is 74.8. The van der Waals surface area contributed by atoms with Crippen molar-refractivity contribution in [2.24, 2.45) is 5.10 Å². The molecule has 0 saturated carbocycles. The molecule has 0 atom stereocenters. The molecule has 1 rings (SSSR count). The van der Waals surface area contributed by atoms with E-state index in [2.05, 4.69) is 10.2 Å². The molecule has 1 aliphatic heterocycles. The van der Waals surface area contributed by atoms with Gasteiger partial charge in [-0.1, -0.05) is 11.8 Å². The molecule has 1 heterocycles. The molecule has 0 fully saturated rings. The largest absolute Gasteiger partial charge is 0.265 e. The highest BCUT2D eigenvalue weighted by Gasteiger charge is 1.93. The zero-order valence-corrected chi connectivity index (χ0v) is 3.98.